The Hall–Kier alpha value is -1.12. The smallest absolute Gasteiger partial charge is 0.240 e. The second-order valence-electron chi connectivity index (χ2n) is 7.34. The summed E-state index contributed by atoms with van der Waals surface area (Å²) in [5, 5.41) is 4.17. The summed E-state index contributed by atoms with van der Waals surface area (Å²) in [4.78, 5) is 11.7. The molecule has 0 aromatic rings. The number of hydrogen-bond donors (Lipinski definition) is 1. The van der Waals surface area contributed by atoms with Crippen LogP contribution in [-0.4, -0.2) is 12.1 Å². The SMILES string of the molecule is CCCCCCCCCCCC(=O)N/N=C/C1CC2C=CC1C2. The molecule has 2 aliphatic rings. The molecule has 0 aromatic heterocycles. The average Bonchev–Trinajstić information content (AvgIpc) is 3.16. The third-order valence-electron chi connectivity index (χ3n) is 5.29. The third kappa shape index (κ3) is 6.88. The Labute approximate surface area is 142 Å². The summed E-state index contributed by atoms with van der Waals surface area (Å²) >= 11 is 0. The van der Waals surface area contributed by atoms with E-state index in [1.165, 1.54) is 64.2 Å². The van der Waals surface area contributed by atoms with Gasteiger partial charge >= 0.3 is 0 Å². The van der Waals surface area contributed by atoms with Gasteiger partial charge in [0.2, 0.25) is 5.91 Å². The first-order valence-corrected chi connectivity index (χ1v) is 9.80. The highest BCUT2D eigenvalue weighted by atomic mass is 16.2. The van der Waals surface area contributed by atoms with E-state index in [1.54, 1.807) is 0 Å². The van der Waals surface area contributed by atoms with Crippen LogP contribution in [0.5, 0.6) is 0 Å². The van der Waals surface area contributed by atoms with Gasteiger partial charge in [0, 0.05) is 18.6 Å². The van der Waals surface area contributed by atoms with E-state index in [9.17, 15) is 4.79 Å². The Morgan fingerprint density at radius 3 is 2.35 bits per heavy atom. The normalized spacial score (nSPS) is 25.5. The van der Waals surface area contributed by atoms with Crippen molar-refractivity contribution in [2.24, 2.45) is 22.9 Å². The molecule has 0 saturated heterocycles. The van der Waals surface area contributed by atoms with Crippen LogP contribution in [0.1, 0.15) is 84.0 Å². The van der Waals surface area contributed by atoms with Gasteiger partial charge in [-0.15, -0.1) is 0 Å². The van der Waals surface area contributed by atoms with Crippen LogP contribution in [0.3, 0.4) is 0 Å². The highest BCUT2D eigenvalue weighted by molar-refractivity contribution is 5.77. The number of carbonyl (C=O) groups excluding carboxylic acids is 1. The Morgan fingerprint density at radius 2 is 1.74 bits per heavy atom. The second kappa shape index (κ2) is 10.6. The van der Waals surface area contributed by atoms with E-state index in [2.05, 4.69) is 29.6 Å². The number of unbranched alkanes of at least 4 members (excludes halogenated alkanes) is 8. The number of nitrogens with one attached hydrogen (secondary N) is 1. The van der Waals surface area contributed by atoms with Crippen molar-refractivity contribution in [1.82, 2.24) is 5.43 Å². The number of hydrazone groups is 1. The molecule has 3 nitrogen and oxygen atoms in total. The van der Waals surface area contributed by atoms with Gasteiger partial charge in [-0.2, -0.15) is 5.10 Å². The summed E-state index contributed by atoms with van der Waals surface area (Å²) in [6.45, 7) is 2.25. The van der Waals surface area contributed by atoms with E-state index in [4.69, 9.17) is 0 Å². The first-order chi connectivity index (χ1) is 11.3. The van der Waals surface area contributed by atoms with E-state index < -0.39 is 0 Å². The van der Waals surface area contributed by atoms with Crippen molar-refractivity contribution in [3.63, 3.8) is 0 Å². The van der Waals surface area contributed by atoms with Gasteiger partial charge in [0.05, 0.1) is 0 Å². The molecule has 130 valence electrons. The van der Waals surface area contributed by atoms with Gasteiger partial charge in [0.1, 0.15) is 0 Å². The van der Waals surface area contributed by atoms with Gasteiger partial charge in [-0.3, -0.25) is 4.79 Å². The van der Waals surface area contributed by atoms with E-state index in [-0.39, 0.29) is 5.91 Å². The summed E-state index contributed by atoms with van der Waals surface area (Å²) in [6.07, 6.45) is 21.3. The summed E-state index contributed by atoms with van der Waals surface area (Å²) in [5.41, 5.74) is 2.70. The highest BCUT2D eigenvalue weighted by Gasteiger charge is 2.34. The standard InChI is InChI=1S/C20H34N2O/c1-2-3-4-5-6-7-8-9-10-11-20(23)22-21-16-19-15-17-12-13-18(19)14-17/h12-13,16-19H,2-11,14-15H2,1H3,(H,22,23)/b21-16+. The average molecular weight is 319 g/mol. The number of hydrogen-bond acceptors (Lipinski definition) is 2. The lowest BCUT2D eigenvalue weighted by atomic mass is 9.95. The van der Waals surface area contributed by atoms with Crippen molar-refractivity contribution < 1.29 is 4.79 Å². The zero-order valence-corrected chi connectivity index (χ0v) is 14.8. The van der Waals surface area contributed by atoms with Crippen LogP contribution in [0.15, 0.2) is 17.3 Å². The molecule has 0 aliphatic heterocycles. The molecular formula is C20H34N2O. The van der Waals surface area contributed by atoms with Crippen LogP contribution in [0, 0.1) is 17.8 Å². The quantitative estimate of drug-likeness (QED) is 0.228. The van der Waals surface area contributed by atoms with Gasteiger partial charge in [0.25, 0.3) is 0 Å². The van der Waals surface area contributed by atoms with Gasteiger partial charge in [-0.05, 0) is 31.1 Å². The maximum atomic E-state index is 11.7. The second-order valence-corrected chi connectivity index (χ2v) is 7.34. The molecule has 0 aromatic carbocycles. The molecule has 0 radical (unpaired) electrons. The van der Waals surface area contributed by atoms with Crippen LogP contribution in [0.25, 0.3) is 0 Å². The number of allylic oxidation sites excluding steroid dienone is 2. The fourth-order valence-corrected chi connectivity index (χ4v) is 3.85. The summed E-state index contributed by atoms with van der Waals surface area (Å²) in [7, 11) is 0. The van der Waals surface area contributed by atoms with Crippen LogP contribution in [0.4, 0.5) is 0 Å². The molecule has 0 spiro atoms. The molecular weight excluding hydrogens is 284 g/mol. The van der Waals surface area contributed by atoms with Crippen LogP contribution < -0.4 is 5.43 Å². The fraction of sp³-hybridized carbons (Fsp3) is 0.800. The summed E-state index contributed by atoms with van der Waals surface area (Å²) < 4.78 is 0. The molecule has 3 unspecified atom stereocenters. The monoisotopic (exact) mass is 318 g/mol. The van der Waals surface area contributed by atoms with Gasteiger partial charge in [-0.1, -0.05) is 70.4 Å². The first-order valence-electron chi connectivity index (χ1n) is 9.80. The zero-order chi connectivity index (χ0) is 16.3. The fourth-order valence-electron chi connectivity index (χ4n) is 3.85. The van der Waals surface area contributed by atoms with Crippen LogP contribution in [0.2, 0.25) is 0 Å². The molecule has 1 fully saturated rings. The van der Waals surface area contributed by atoms with E-state index in [0.29, 0.717) is 18.3 Å². The van der Waals surface area contributed by atoms with Gasteiger partial charge in [0.15, 0.2) is 0 Å². The zero-order valence-electron chi connectivity index (χ0n) is 14.8. The number of amides is 1. The molecule has 2 rings (SSSR count). The molecule has 1 amide bonds. The molecule has 3 atom stereocenters. The maximum Gasteiger partial charge on any atom is 0.240 e. The first kappa shape index (κ1) is 18.2. The Bertz CT molecular complexity index is 402. The molecule has 2 aliphatic carbocycles. The summed E-state index contributed by atoms with van der Waals surface area (Å²) in [6, 6.07) is 0. The van der Waals surface area contributed by atoms with Gasteiger partial charge < -0.3 is 0 Å². The number of rotatable bonds is 12. The largest absolute Gasteiger partial charge is 0.273 e. The predicted octanol–water partition coefficient (Wildman–Crippen LogP) is 5.22. The van der Waals surface area contributed by atoms with Crippen molar-refractivity contribution in [2.45, 2.75) is 84.0 Å². The molecule has 0 heterocycles. The minimum absolute atomic E-state index is 0.0721. The molecule has 23 heavy (non-hydrogen) atoms. The number of carbonyl (C=O) groups is 1. The minimum atomic E-state index is 0.0721. The number of fused-ring (bicyclic) bond motifs is 2. The molecule has 1 N–H and O–H groups in total. The van der Waals surface area contributed by atoms with Crippen molar-refractivity contribution in [3.8, 4) is 0 Å². The van der Waals surface area contributed by atoms with E-state index >= 15 is 0 Å². The molecule has 2 bridgehead atoms. The van der Waals surface area contributed by atoms with Crippen LogP contribution in [-0.2, 0) is 4.79 Å². The van der Waals surface area contributed by atoms with E-state index in [0.717, 1.165) is 12.3 Å². The van der Waals surface area contributed by atoms with Crippen LogP contribution >= 0.6 is 0 Å². The topological polar surface area (TPSA) is 41.5 Å². The lowest BCUT2D eigenvalue weighted by Gasteiger charge is -2.11. The molecule has 1 saturated carbocycles. The Morgan fingerprint density at radius 1 is 1.04 bits per heavy atom. The Balaban J connectivity index is 1.41. The number of nitrogens with zero attached hydrogens (tertiary/aromatic N) is 1. The highest BCUT2D eigenvalue weighted by Crippen LogP contribution is 2.42. The van der Waals surface area contributed by atoms with Gasteiger partial charge in [-0.25, -0.2) is 5.43 Å². The summed E-state index contributed by atoms with van der Waals surface area (Å²) in [5.74, 6) is 2.04. The van der Waals surface area contributed by atoms with Crippen molar-refractivity contribution in [3.05, 3.63) is 12.2 Å². The minimum Gasteiger partial charge on any atom is -0.273 e. The lowest BCUT2D eigenvalue weighted by Crippen LogP contribution is -2.19. The van der Waals surface area contributed by atoms with Crippen molar-refractivity contribution in [2.75, 3.05) is 0 Å². The third-order valence-corrected chi connectivity index (χ3v) is 5.29. The lowest BCUT2D eigenvalue weighted by molar-refractivity contribution is -0.121. The predicted molar refractivity (Wildman–Crippen MR) is 97.3 cm³/mol. The molecule has 3 heteroatoms. The maximum absolute atomic E-state index is 11.7. The van der Waals surface area contributed by atoms with Crippen molar-refractivity contribution >= 4 is 12.1 Å². The van der Waals surface area contributed by atoms with Crippen molar-refractivity contribution in [1.29, 1.82) is 0 Å². The van der Waals surface area contributed by atoms with E-state index in [1.807, 2.05) is 6.21 Å². The Kier molecular flexibility index (Phi) is 8.41.